The Labute approximate surface area is 192 Å². The molecule has 7 nitrogen and oxygen atoms in total. The zero-order valence-corrected chi connectivity index (χ0v) is 19.2. The predicted octanol–water partition coefficient (Wildman–Crippen LogP) is 3.92. The third-order valence-corrected chi connectivity index (χ3v) is 5.15. The van der Waals surface area contributed by atoms with Gasteiger partial charge in [-0.05, 0) is 37.1 Å². The lowest BCUT2D eigenvalue weighted by atomic mass is 10.1. The number of hydrogen-bond donors (Lipinski definition) is 1. The van der Waals surface area contributed by atoms with Crippen molar-refractivity contribution in [2.75, 3.05) is 32.3 Å². The van der Waals surface area contributed by atoms with Gasteiger partial charge in [0, 0.05) is 18.7 Å². The molecule has 0 aliphatic carbocycles. The zero-order chi connectivity index (χ0) is 24.0. The maximum Gasteiger partial charge on any atom is 0.180 e. The van der Waals surface area contributed by atoms with Crippen molar-refractivity contribution in [3.63, 3.8) is 0 Å². The van der Waals surface area contributed by atoms with Crippen LogP contribution in [0.5, 0.6) is 5.75 Å². The quantitative estimate of drug-likeness (QED) is 0.495. The minimum Gasteiger partial charge on any atom is -0.497 e. The number of aliphatic hydroxyl groups is 1. The number of halogens is 1. The molecule has 0 bridgehead atoms. The van der Waals surface area contributed by atoms with Gasteiger partial charge < -0.3 is 19.5 Å². The Hall–Kier alpha value is -3.54. The number of rotatable bonds is 9. The number of terminal acetylenes is 1. The maximum atomic E-state index is 15.4. The lowest BCUT2D eigenvalue weighted by molar-refractivity contribution is 0.0700. The van der Waals surface area contributed by atoms with Gasteiger partial charge in [-0.3, -0.25) is 4.98 Å². The third kappa shape index (κ3) is 5.28. The number of pyridine rings is 1. The SMILES string of the molecule is C#C/C(=C\C)c1cnc2ccc(N(CC(O)COC)c3cc(OC)cc(CC)c3F)nc2n1. The Morgan fingerprint density at radius 2 is 2.09 bits per heavy atom. The summed E-state index contributed by atoms with van der Waals surface area (Å²) in [4.78, 5) is 15.1. The molecule has 3 aromatic rings. The van der Waals surface area contributed by atoms with Crippen LogP contribution in [0.1, 0.15) is 25.1 Å². The van der Waals surface area contributed by atoms with E-state index in [0.717, 1.165) is 0 Å². The first-order valence-corrected chi connectivity index (χ1v) is 10.5. The second-order valence-corrected chi connectivity index (χ2v) is 7.31. The van der Waals surface area contributed by atoms with Gasteiger partial charge in [0.1, 0.15) is 22.9 Å². The Bertz CT molecular complexity index is 1210. The molecule has 0 saturated carbocycles. The number of methoxy groups -OCH3 is 2. The van der Waals surface area contributed by atoms with Gasteiger partial charge in [0.25, 0.3) is 0 Å². The molecule has 2 heterocycles. The van der Waals surface area contributed by atoms with Crippen LogP contribution >= 0.6 is 0 Å². The molecular weight excluding hydrogens is 423 g/mol. The van der Waals surface area contributed by atoms with Gasteiger partial charge in [-0.25, -0.2) is 14.4 Å². The van der Waals surface area contributed by atoms with Crippen molar-refractivity contribution in [3.8, 4) is 18.1 Å². The van der Waals surface area contributed by atoms with E-state index in [2.05, 4.69) is 20.9 Å². The average Bonchev–Trinajstić information content (AvgIpc) is 2.83. The molecule has 0 saturated heterocycles. The molecule has 0 amide bonds. The standard InChI is InChI=1S/C25H27FN4O3/c1-6-16(7-2)21-13-27-20-9-10-23(29-25(20)28-21)30(14-18(31)15-32-4)22-12-19(33-5)11-17(8-3)24(22)26/h1,7,9-13,18,31H,8,14-15H2,2-5H3/b16-7+. The summed E-state index contributed by atoms with van der Waals surface area (Å²) in [5, 5.41) is 10.5. The molecule has 0 aliphatic heterocycles. The average molecular weight is 451 g/mol. The number of fused-ring (bicyclic) bond motifs is 1. The fraction of sp³-hybridized carbons (Fsp3) is 0.320. The van der Waals surface area contributed by atoms with Crippen LogP contribution in [-0.4, -0.2) is 53.5 Å². The maximum absolute atomic E-state index is 15.4. The summed E-state index contributed by atoms with van der Waals surface area (Å²) in [7, 11) is 3.01. The summed E-state index contributed by atoms with van der Waals surface area (Å²) < 4.78 is 25.9. The van der Waals surface area contributed by atoms with E-state index in [-0.39, 0.29) is 18.8 Å². The highest BCUT2D eigenvalue weighted by molar-refractivity contribution is 5.80. The Balaban J connectivity index is 2.18. The molecule has 0 spiro atoms. The fourth-order valence-electron chi connectivity index (χ4n) is 3.46. The highest BCUT2D eigenvalue weighted by atomic mass is 19.1. The van der Waals surface area contributed by atoms with Crippen LogP contribution in [0.4, 0.5) is 15.9 Å². The number of anilines is 2. The molecule has 0 aliphatic rings. The molecular formula is C25H27FN4O3. The summed E-state index contributed by atoms with van der Waals surface area (Å²) in [5.41, 5.74) is 2.75. The van der Waals surface area contributed by atoms with Crippen LogP contribution in [-0.2, 0) is 11.2 Å². The van der Waals surface area contributed by atoms with Crippen molar-refractivity contribution in [3.05, 3.63) is 53.6 Å². The smallest absolute Gasteiger partial charge is 0.180 e. The van der Waals surface area contributed by atoms with E-state index in [9.17, 15) is 5.11 Å². The summed E-state index contributed by atoms with van der Waals surface area (Å²) in [6, 6.07) is 6.69. The summed E-state index contributed by atoms with van der Waals surface area (Å²) in [5.74, 6) is 3.06. The van der Waals surface area contributed by atoms with Crippen LogP contribution < -0.4 is 9.64 Å². The minimum absolute atomic E-state index is 0.0389. The van der Waals surface area contributed by atoms with Crippen molar-refractivity contribution in [1.82, 2.24) is 15.0 Å². The van der Waals surface area contributed by atoms with Crippen LogP contribution in [0.15, 0.2) is 36.5 Å². The first kappa shape index (κ1) is 24.1. The number of allylic oxidation sites excluding steroid dienone is 2. The van der Waals surface area contributed by atoms with Gasteiger partial charge in [-0.2, -0.15) is 0 Å². The molecule has 172 valence electrons. The second-order valence-electron chi connectivity index (χ2n) is 7.31. The van der Waals surface area contributed by atoms with Crippen molar-refractivity contribution in [1.29, 1.82) is 0 Å². The number of ether oxygens (including phenoxy) is 2. The first-order valence-electron chi connectivity index (χ1n) is 10.5. The zero-order valence-electron chi connectivity index (χ0n) is 19.2. The van der Waals surface area contributed by atoms with Crippen molar-refractivity contribution in [2.24, 2.45) is 0 Å². The molecule has 2 aromatic heterocycles. The van der Waals surface area contributed by atoms with E-state index >= 15 is 4.39 Å². The highest BCUT2D eigenvalue weighted by Gasteiger charge is 2.22. The number of nitrogens with zero attached hydrogens (tertiary/aromatic N) is 4. The van der Waals surface area contributed by atoms with Crippen LogP contribution in [0, 0.1) is 18.2 Å². The van der Waals surface area contributed by atoms with Gasteiger partial charge in [-0.15, -0.1) is 6.42 Å². The molecule has 0 fully saturated rings. The van der Waals surface area contributed by atoms with E-state index < -0.39 is 11.9 Å². The van der Waals surface area contributed by atoms with Gasteiger partial charge in [0.05, 0.1) is 43.9 Å². The molecule has 0 radical (unpaired) electrons. The lowest BCUT2D eigenvalue weighted by Gasteiger charge is -2.28. The number of hydrogen-bond acceptors (Lipinski definition) is 7. The second kappa shape index (κ2) is 10.9. The van der Waals surface area contributed by atoms with Crippen LogP contribution in [0.2, 0.25) is 0 Å². The number of benzene rings is 1. The van der Waals surface area contributed by atoms with Crippen LogP contribution in [0.25, 0.3) is 16.7 Å². The molecule has 1 N–H and O–H groups in total. The molecule has 1 atom stereocenters. The molecule has 1 unspecified atom stereocenters. The molecule has 33 heavy (non-hydrogen) atoms. The minimum atomic E-state index is -0.892. The monoisotopic (exact) mass is 450 g/mol. The van der Waals surface area contributed by atoms with Crippen molar-refractivity contribution in [2.45, 2.75) is 26.4 Å². The Morgan fingerprint density at radius 1 is 1.30 bits per heavy atom. The summed E-state index contributed by atoms with van der Waals surface area (Å²) >= 11 is 0. The van der Waals surface area contributed by atoms with E-state index in [0.29, 0.717) is 46.0 Å². The topological polar surface area (TPSA) is 80.6 Å². The lowest BCUT2D eigenvalue weighted by Crippen LogP contribution is -2.32. The van der Waals surface area contributed by atoms with Gasteiger partial charge in [0.15, 0.2) is 5.65 Å². The van der Waals surface area contributed by atoms with E-state index in [1.807, 2.05) is 13.8 Å². The number of aromatic nitrogens is 3. The van der Waals surface area contributed by atoms with E-state index in [1.54, 1.807) is 41.4 Å². The number of aryl methyl sites for hydroxylation is 1. The van der Waals surface area contributed by atoms with Gasteiger partial charge in [0.2, 0.25) is 0 Å². The Morgan fingerprint density at radius 3 is 2.73 bits per heavy atom. The number of aliphatic hydroxyl groups excluding tert-OH is 1. The largest absolute Gasteiger partial charge is 0.497 e. The van der Waals surface area contributed by atoms with Gasteiger partial charge >= 0.3 is 0 Å². The van der Waals surface area contributed by atoms with Crippen LogP contribution in [0.3, 0.4) is 0 Å². The molecule has 8 heteroatoms. The van der Waals surface area contributed by atoms with E-state index in [4.69, 9.17) is 15.9 Å². The third-order valence-electron chi connectivity index (χ3n) is 5.15. The Kier molecular flexibility index (Phi) is 7.93. The van der Waals surface area contributed by atoms with E-state index in [1.165, 1.54) is 14.2 Å². The van der Waals surface area contributed by atoms with Gasteiger partial charge in [-0.1, -0.05) is 18.9 Å². The first-order chi connectivity index (χ1) is 15.9. The van der Waals surface area contributed by atoms with Crippen molar-refractivity contribution >= 4 is 28.2 Å². The summed E-state index contributed by atoms with van der Waals surface area (Å²) in [6.45, 7) is 3.80. The molecule has 3 rings (SSSR count). The molecule has 1 aromatic carbocycles. The predicted molar refractivity (Wildman–Crippen MR) is 127 cm³/mol. The normalized spacial score (nSPS) is 12.5. The summed E-state index contributed by atoms with van der Waals surface area (Å²) in [6.07, 6.45) is 8.50. The van der Waals surface area contributed by atoms with Crippen molar-refractivity contribution < 1.29 is 19.0 Å². The highest BCUT2D eigenvalue weighted by Crippen LogP contribution is 2.33. The fourth-order valence-corrected chi connectivity index (χ4v) is 3.46.